The lowest BCUT2D eigenvalue weighted by Crippen LogP contribution is -2.40. The molecule has 0 spiro atoms. The maximum absolute atomic E-state index is 12.3. The summed E-state index contributed by atoms with van der Waals surface area (Å²) in [7, 11) is 3.57. The van der Waals surface area contributed by atoms with Gasteiger partial charge in [-0.2, -0.15) is 0 Å². The summed E-state index contributed by atoms with van der Waals surface area (Å²) in [5, 5.41) is 0.689. The van der Waals surface area contributed by atoms with Gasteiger partial charge in [0.2, 0.25) is 5.91 Å². The molecule has 100 valence electrons. The standard InChI is InChI=1S/C14H21ClN2O/c1-5-17(6-2)13(14(18)16(3)4)11-7-9-12(15)10-8-11/h7-10,13H,5-6H2,1-4H3. The molecule has 0 bridgehead atoms. The van der Waals surface area contributed by atoms with Crippen molar-refractivity contribution in [3.05, 3.63) is 34.9 Å². The second-order valence-electron chi connectivity index (χ2n) is 4.41. The van der Waals surface area contributed by atoms with E-state index in [1.54, 1.807) is 19.0 Å². The molecular weight excluding hydrogens is 248 g/mol. The fourth-order valence-corrected chi connectivity index (χ4v) is 2.11. The van der Waals surface area contributed by atoms with Crippen molar-refractivity contribution in [1.29, 1.82) is 0 Å². The predicted molar refractivity (Wildman–Crippen MR) is 75.8 cm³/mol. The summed E-state index contributed by atoms with van der Waals surface area (Å²) >= 11 is 5.90. The fraction of sp³-hybridized carbons (Fsp3) is 0.500. The molecule has 0 aliphatic rings. The number of carbonyl (C=O) groups is 1. The van der Waals surface area contributed by atoms with Crippen molar-refractivity contribution >= 4 is 17.5 Å². The Balaban J connectivity index is 3.11. The van der Waals surface area contributed by atoms with Crippen LogP contribution in [0.2, 0.25) is 5.02 Å². The summed E-state index contributed by atoms with van der Waals surface area (Å²) in [6.45, 7) is 5.80. The van der Waals surface area contributed by atoms with Crippen molar-refractivity contribution in [3.8, 4) is 0 Å². The van der Waals surface area contributed by atoms with E-state index in [1.165, 1.54) is 0 Å². The molecule has 1 aromatic rings. The average Bonchev–Trinajstić information content (AvgIpc) is 2.36. The highest BCUT2D eigenvalue weighted by Crippen LogP contribution is 2.23. The van der Waals surface area contributed by atoms with Crippen LogP contribution in [-0.4, -0.2) is 42.9 Å². The fourth-order valence-electron chi connectivity index (χ4n) is 1.99. The minimum atomic E-state index is -0.229. The summed E-state index contributed by atoms with van der Waals surface area (Å²) in [5.41, 5.74) is 0.988. The maximum Gasteiger partial charge on any atom is 0.244 e. The Morgan fingerprint density at radius 3 is 2.06 bits per heavy atom. The Labute approximate surface area is 114 Å². The molecule has 0 heterocycles. The second-order valence-corrected chi connectivity index (χ2v) is 4.84. The third kappa shape index (κ3) is 3.47. The van der Waals surface area contributed by atoms with E-state index < -0.39 is 0 Å². The number of carbonyl (C=O) groups excluding carboxylic acids is 1. The van der Waals surface area contributed by atoms with E-state index in [1.807, 2.05) is 24.3 Å². The summed E-state index contributed by atoms with van der Waals surface area (Å²) in [6, 6.07) is 7.28. The summed E-state index contributed by atoms with van der Waals surface area (Å²) in [4.78, 5) is 16.1. The molecule has 0 aliphatic carbocycles. The molecule has 0 saturated carbocycles. The Morgan fingerprint density at radius 2 is 1.67 bits per heavy atom. The lowest BCUT2D eigenvalue weighted by atomic mass is 10.0. The molecule has 3 nitrogen and oxygen atoms in total. The van der Waals surface area contributed by atoms with Gasteiger partial charge in [-0.25, -0.2) is 0 Å². The molecule has 0 radical (unpaired) electrons. The molecule has 1 aromatic carbocycles. The number of halogens is 1. The first kappa shape index (κ1) is 15.0. The Hall–Kier alpha value is -1.06. The van der Waals surface area contributed by atoms with Crippen molar-refractivity contribution in [2.75, 3.05) is 27.2 Å². The summed E-state index contributed by atoms with van der Waals surface area (Å²) in [6.07, 6.45) is 0. The quantitative estimate of drug-likeness (QED) is 0.820. The van der Waals surface area contributed by atoms with Gasteiger partial charge in [-0.05, 0) is 30.8 Å². The molecule has 1 atom stereocenters. The molecule has 0 saturated heterocycles. The van der Waals surface area contributed by atoms with Gasteiger partial charge in [-0.15, -0.1) is 0 Å². The topological polar surface area (TPSA) is 23.6 Å². The van der Waals surface area contributed by atoms with Crippen LogP contribution in [0.5, 0.6) is 0 Å². The minimum absolute atomic E-state index is 0.0982. The van der Waals surface area contributed by atoms with Crippen LogP contribution in [0.4, 0.5) is 0 Å². The third-order valence-electron chi connectivity index (χ3n) is 3.04. The van der Waals surface area contributed by atoms with Gasteiger partial charge in [0.25, 0.3) is 0 Å². The first-order valence-electron chi connectivity index (χ1n) is 6.21. The van der Waals surface area contributed by atoms with Gasteiger partial charge in [0, 0.05) is 19.1 Å². The van der Waals surface area contributed by atoms with Crippen LogP contribution in [0.25, 0.3) is 0 Å². The zero-order chi connectivity index (χ0) is 13.7. The summed E-state index contributed by atoms with van der Waals surface area (Å²) < 4.78 is 0. The monoisotopic (exact) mass is 268 g/mol. The van der Waals surface area contributed by atoms with Crippen molar-refractivity contribution < 1.29 is 4.79 Å². The van der Waals surface area contributed by atoms with Gasteiger partial charge in [0.15, 0.2) is 0 Å². The molecule has 18 heavy (non-hydrogen) atoms. The van der Waals surface area contributed by atoms with Gasteiger partial charge in [0.1, 0.15) is 6.04 Å². The maximum atomic E-state index is 12.3. The molecule has 0 aromatic heterocycles. The largest absolute Gasteiger partial charge is 0.347 e. The zero-order valence-electron chi connectivity index (χ0n) is 11.5. The number of amides is 1. The van der Waals surface area contributed by atoms with Crippen LogP contribution in [0, 0.1) is 0 Å². The van der Waals surface area contributed by atoms with E-state index in [4.69, 9.17) is 11.6 Å². The van der Waals surface area contributed by atoms with Crippen LogP contribution in [0.1, 0.15) is 25.5 Å². The molecule has 0 aliphatic heterocycles. The van der Waals surface area contributed by atoms with Gasteiger partial charge in [0.05, 0.1) is 0 Å². The molecule has 1 unspecified atom stereocenters. The van der Waals surface area contributed by atoms with E-state index >= 15 is 0 Å². The molecule has 1 amide bonds. The normalized spacial score (nSPS) is 12.6. The Morgan fingerprint density at radius 1 is 1.17 bits per heavy atom. The predicted octanol–water partition coefficient (Wildman–Crippen LogP) is 2.81. The van der Waals surface area contributed by atoms with Crippen molar-refractivity contribution in [3.63, 3.8) is 0 Å². The lowest BCUT2D eigenvalue weighted by molar-refractivity contribution is -0.134. The van der Waals surface area contributed by atoms with Crippen molar-refractivity contribution in [2.45, 2.75) is 19.9 Å². The smallest absolute Gasteiger partial charge is 0.244 e. The molecular formula is C14H21ClN2O. The lowest BCUT2D eigenvalue weighted by Gasteiger charge is -2.31. The number of likely N-dealkylation sites (N-methyl/N-ethyl adjacent to an activating group) is 2. The van der Waals surface area contributed by atoms with Crippen molar-refractivity contribution in [2.24, 2.45) is 0 Å². The van der Waals surface area contributed by atoms with E-state index in [-0.39, 0.29) is 11.9 Å². The summed E-state index contributed by atoms with van der Waals surface area (Å²) in [5.74, 6) is 0.0982. The van der Waals surface area contributed by atoms with Gasteiger partial charge < -0.3 is 4.90 Å². The number of nitrogens with zero attached hydrogens (tertiary/aromatic N) is 2. The van der Waals surface area contributed by atoms with Crippen molar-refractivity contribution in [1.82, 2.24) is 9.80 Å². The average molecular weight is 269 g/mol. The highest BCUT2D eigenvalue weighted by atomic mass is 35.5. The Kier molecular flexibility index (Phi) is 5.63. The van der Waals surface area contributed by atoms with Crippen LogP contribution in [-0.2, 0) is 4.79 Å². The van der Waals surface area contributed by atoms with E-state index in [0.717, 1.165) is 18.7 Å². The molecule has 0 N–H and O–H groups in total. The van der Waals surface area contributed by atoms with E-state index in [9.17, 15) is 4.79 Å². The number of benzene rings is 1. The first-order valence-corrected chi connectivity index (χ1v) is 6.59. The van der Waals surface area contributed by atoms with Crippen LogP contribution >= 0.6 is 11.6 Å². The SMILES string of the molecule is CCN(CC)C(C(=O)N(C)C)c1ccc(Cl)cc1. The van der Waals surface area contributed by atoms with Gasteiger partial charge >= 0.3 is 0 Å². The van der Waals surface area contributed by atoms with Gasteiger partial charge in [-0.1, -0.05) is 37.6 Å². The Bertz CT molecular complexity index is 385. The number of rotatable bonds is 5. The highest BCUT2D eigenvalue weighted by molar-refractivity contribution is 6.30. The van der Waals surface area contributed by atoms with Crippen LogP contribution in [0.3, 0.4) is 0 Å². The zero-order valence-corrected chi connectivity index (χ0v) is 12.2. The van der Waals surface area contributed by atoms with E-state index in [2.05, 4.69) is 18.7 Å². The van der Waals surface area contributed by atoms with Crippen LogP contribution in [0.15, 0.2) is 24.3 Å². The third-order valence-corrected chi connectivity index (χ3v) is 3.29. The molecule has 0 fully saturated rings. The molecule has 1 rings (SSSR count). The second kappa shape index (κ2) is 6.76. The van der Waals surface area contributed by atoms with Crippen LogP contribution < -0.4 is 0 Å². The number of hydrogen-bond donors (Lipinski definition) is 0. The minimum Gasteiger partial charge on any atom is -0.347 e. The van der Waals surface area contributed by atoms with Gasteiger partial charge in [-0.3, -0.25) is 9.69 Å². The van der Waals surface area contributed by atoms with E-state index in [0.29, 0.717) is 5.02 Å². The first-order chi connectivity index (χ1) is 8.51. The molecule has 4 heteroatoms. The highest BCUT2D eigenvalue weighted by Gasteiger charge is 2.26. The number of hydrogen-bond acceptors (Lipinski definition) is 2.